The van der Waals surface area contributed by atoms with Crippen LogP contribution in [0, 0.1) is 17.6 Å². The molecule has 22 heavy (non-hydrogen) atoms. The maximum atomic E-state index is 13.2. The quantitative estimate of drug-likeness (QED) is 0.912. The molecule has 0 unspecified atom stereocenters. The molecule has 0 spiro atoms. The van der Waals surface area contributed by atoms with Crippen molar-refractivity contribution in [2.45, 2.75) is 18.9 Å². The van der Waals surface area contributed by atoms with Gasteiger partial charge in [-0.25, -0.2) is 8.78 Å². The summed E-state index contributed by atoms with van der Waals surface area (Å²) in [7, 11) is 0. The van der Waals surface area contributed by atoms with Crippen LogP contribution in [0.25, 0.3) is 0 Å². The number of aliphatic hydroxyl groups is 1. The number of benzene rings is 1. The Bertz CT molecular complexity index is 721. The first kappa shape index (κ1) is 14.6. The number of hydrogen-bond acceptors (Lipinski definition) is 3. The number of anilines is 1. The molecule has 4 nitrogen and oxygen atoms in total. The van der Waals surface area contributed by atoms with Gasteiger partial charge in [-0.05, 0) is 36.1 Å². The second kappa shape index (κ2) is 5.81. The number of carbonyl (C=O) groups excluding carboxylic acids is 1. The van der Waals surface area contributed by atoms with E-state index in [4.69, 9.17) is 0 Å². The summed E-state index contributed by atoms with van der Waals surface area (Å²) >= 11 is 0. The highest BCUT2D eigenvalue weighted by Crippen LogP contribution is 2.48. The van der Waals surface area contributed by atoms with E-state index in [9.17, 15) is 18.7 Å². The minimum absolute atomic E-state index is 0.107. The molecule has 114 valence electrons. The van der Waals surface area contributed by atoms with Gasteiger partial charge in [0.25, 0.3) is 0 Å². The number of carbonyl (C=O) groups is 1. The molecule has 1 aromatic carbocycles. The molecule has 3 rings (SSSR count). The van der Waals surface area contributed by atoms with Crippen molar-refractivity contribution >= 4 is 11.6 Å². The van der Waals surface area contributed by atoms with Gasteiger partial charge in [0, 0.05) is 17.7 Å². The molecule has 2 aromatic rings. The molecule has 1 fully saturated rings. The Morgan fingerprint density at radius 1 is 1.32 bits per heavy atom. The molecule has 1 heterocycles. The number of pyridine rings is 1. The second-order valence-electron chi connectivity index (χ2n) is 5.30. The van der Waals surface area contributed by atoms with Crippen LogP contribution in [-0.2, 0) is 11.4 Å². The van der Waals surface area contributed by atoms with Gasteiger partial charge in [-0.1, -0.05) is 6.07 Å². The highest BCUT2D eigenvalue weighted by Gasteiger charge is 2.44. The third-order valence-electron chi connectivity index (χ3n) is 3.84. The topological polar surface area (TPSA) is 62.2 Å². The van der Waals surface area contributed by atoms with Gasteiger partial charge < -0.3 is 10.4 Å². The summed E-state index contributed by atoms with van der Waals surface area (Å²) in [5, 5.41) is 11.9. The summed E-state index contributed by atoms with van der Waals surface area (Å²) in [6.07, 6.45) is 3.59. The molecule has 2 N–H and O–H groups in total. The van der Waals surface area contributed by atoms with Crippen LogP contribution < -0.4 is 5.32 Å². The van der Waals surface area contributed by atoms with Gasteiger partial charge in [-0.2, -0.15) is 0 Å². The Morgan fingerprint density at radius 3 is 2.86 bits per heavy atom. The van der Waals surface area contributed by atoms with Crippen LogP contribution in [0.4, 0.5) is 14.5 Å². The highest BCUT2D eigenvalue weighted by atomic mass is 19.2. The van der Waals surface area contributed by atoms with Gasteiger partial charge in [0.2, 0.25) is 5.91 Å². The maximum absolute atomic E-state index is 13.2. The van der Waals surface area contributed by atoms with E-state index in [1.54, 1.807) is 6.07 Å². The first-order valence-electron chi connectivity index (χ1n) is 6.89. The number of rotatable bonds is 4. The monoisotopic (exact) mass is 304 g/mol. The number of nitrogens with one attached hydrogen (secondary N) is 1. The summed E-state index contributed by atoms with van der Waals surface area (Å²) in [5.74, 6) is -2.40. The zero-order chi connectivity index (χ0) is 15.7. The van der Waals surface area contributed by atoms with Crippen molar-refractivity contribution in [1.82, 2.24) is 4.98 Å². The minimum atomic E-state index is -0.904. The maximum Gasteiger partial charge on any atom is 0.228 e. The Hall–Kier alpha value is -2.34. The fourth-order valence-electron chi connectivity index (χ4n) is 2.50. The number of hydrogen-bond donors (Lipinski definition) is 2. The van der Waals surface area contributed by atoms with Gasteiger partial charge in [-0.3, -0.25) is 9.78 Å². The fraction of sp³-hybridized carbons (Fsp3) is 0.250. The number of nitrogens with zero attached hydrogens (tertiary/aromatic N) is 1. The van der Waals surface area contributed by atoms with Crippen molar-refractivity contribution in [3.63, 3.8) is 0 Å². The number of amides is 1. The minimum Gasteiger partial charge on any atom is -0.392 e. The van der Waals surface area contributed by atoms with Crippen LogP contribution in [0.15, 0.2) is 36.7 Å². The number of aliphatic hydroxyl groups excluding tert-OH is 1. The van der Waals surface area contributed by atoms with Gasteiger partial charge in [0.15, 0.2) is 11.6 Å². The summed E-state index contributed by atoms with van der Waals surface area (Å²) in [5.41, 5.74) is 1.66. The molecule has 1 aliphatic rings. The van der Waals surface area contributed by atoms with Gasteiger partial charge in [-0.15, -0.1) is 0 Å². The lowest BCUT2D eigenvalue weighted by molar-refractivity contribution is -0.117. The third-order valence-corrected chi connectivity index (χ3v) is 3.84. The molecule has 0 bridgehead atoms. The Kier molecular flexibility index (Phi) is 3.85. The molecule has 0 saturated heterocycles. The van der Waals surface area contributed by atoms with E-state index in [1.807, 2.05) is 0 Å². The lowest BCUT2D eigenvalue weighted by atomic mass is 10.1. The lowest BCUT2D eigenvalue weighted by Gasteiger charge is -2.08. The molecule has 1 aliphatic carbocycles. The van der Waals surface area contributed by atoms with Crippen molar-refractivity contribution in [3.8, 4) is 0 Å². The van der Waals surface area contributed by atoms with Crippen LogP contribution in [0.2, 0.25) is 0 Å². The smallest absolute Gasteiger partial charge is 0.228 e. The van der Waals surface area contributed by atoms with Crippen molar-refractivity contribution in [2.24, 2.45) is 5.92 Å². The molecular weight excluding hydrogens is 290 g/mol. The summed E-state index contributed by atoms with van der Waals surface area (Å²) < 4.78 is 26.2. The van der Waals surface area contributed by atoms with Crippen molar-refractivity contribution in [3.05, 3.63) is 59.4 Å². The second-order valence-corrected chi connectivity index (χ2v) is 5.30. The largest absolute Gasteiger partial charge is 0.392 e. The molecule has 1 amide bonds. The Labute approximate surface area is 125 Å². The first-order valence-corrected chi connectivity index (χ1v) is 6.89. The van der Waals surface area contributed by atoms with Gasteiger partial charge in [0.1, 0.15) is 0 Å². The van der Waals surface area contributed by atoms with Crippen molar-refractivity contribution in [1.29, 1.82) is 0 Å². The van der Waals surface area contributed by atoms with Crippen molar-refractivity contribution < 1.29 is 18.7 Å². The molecule has 1 aromatic heterocycles. The van der Waals surface area contributed by atoms with Crippen LogP contribution in [0.5, 0.6) is 0 Å². The zero-order valence-electron chi connectivity index (χ0n) is 11.6. The molecule has 1 saturated carbocycles. The number of halogens is 2. The van der Waals surface area contributed by atoms with E-state index in [-0.39, 0.29) is 24.3 Å². The van der Waals surface area contributed by atoms with Crippen LogP contribution in [0.3, 0.4) is 0 Å². The van der Waals surface area contributed by atoms with Gasteiger partial charge in [0.05, 0.1) is 18.5 Å². The van der Waals surface area contributed by atoms with Crippen molar-refractivity contribution in [2.75, 3.05) is 5.32 Å². The van der Waals surface area contributed by atoms with E-state index in [1.165, 1.54) is 18.5 Å². The Balaban J connectivity index is 1.69. The molecular formula is C16H14F2N2O2. The SMILES string of the molecule is O=C(Nc1cnccc1CO)[C@H]1C[C@H]1c1ccc(F)c(F)c1. The zero-order valence-corrected chi connectivity index (χ0v) is 11.6. The highest BCUT2D eigenvalue weighted by molar-refractivity contribution is 5.95. The van der Waals surface area contributed by atoms with E-state index in [0.717, 1.165) is 12.1 Å². The van der Waals surface area contributed by atoms with Crippen LogP contribution in [-0.4, -0.2) is 16.0 Å². The molecule has 2 atom stereocenters. The summed E-state index contributed by atoms with van der Waals surface area (Å²) in [6, 6.07) is 5.33. The third kappa shape index (κ3) is 2.82. The number of aromatic nitrogens is 1. The average Bonchev–Trinajstić information content (AvgIpc) is 3.31. The standard InChI is InChI=1S/C16H14F2N2O2/c17-13-2-1-9(5-14(13)18)11-6-12(11)16(22)20-15-7-19-4-3-10(15)8-21/h1-5,7,11-12,21H,6,8H2,(H,20,22)/t11-,12-/m0/s1. The van der Waals surface area contributed by atoms with Crippen LogP contribution >= 0.6 is 0 Å². The molecule has 6 heteroatoms. The van der Waals surface area contributed by atoms with E-state index in [2.05, 4.69) is 10.3 Å². The Morgan fingerprint density at radius 2 is 2.14 bits per heavy atom. The first-order chi connectivity index (χ1) is 10.6. The van der Waals surface area contributed by atoms with Crippen LogP contribution in [0.1, 0.15) is 23.5 Å². The van der Waals surface area contributed by atoms with E-state index < -0.39 is 11.6 Å². The molecule has 0 radical (unpaired) electrons. The normalized spacial score (nSPS) is 19.8. The van der Waals surface area contributed by atoms with Gasteiger partial charge >= 0.3 is 0 Å². The predicted molar refractivity (Wildman–Crippen MR) is 76.0 cm³/mol. The van der Waals surface area contributed by atoms with E-state index >= 15 is 0 Å². The summed E-state index contributed by atoms with van der Waals surface area (Å²) in [4.78, 5) is 16.1. The lowest BCUT2D eigenvalue weighted by Crippen LogP contribution is -2.16. The predicted octanol–water partition coefficient (Wildman–Crippen LogP) is 2.59. The summed E-state index contributed by atoms with van der Waals surface area (Å²) in [6.45, 7) is -0.199. The fourth-order valence-corrected chi connectivity index (χ4v) is 2.50. The van der Waals surface area contributed by atoms with E-state index in [0.29, 0.717) is 23.2 Å². The average molecular weight is 304 g/mol. The molecule has 0 aliphatic heterocycles.